The Morgan fingerprint density at radius 1 is 0.980 bits per heavy atom. The molecular weight excluding hydrogens is 675 g/mol. The Morgan fingerprint density at radius 3 is 2.22 bits per heavy atom. The lowest BCUT2D eigenvalue weighted by molar-refractivity contribution is -0.155. The lowest BCUT2D eigenvalue weighted by Crippen LogP contribution is -2.48. The Hall–Kier alpha value is -4.19. The molecule has 0 saturated heterocycles. The number of hydrogen-bond acceptors (Lipinski definition) is 10. The predicted octanol–water partition coefficient (Wildman–Crippen LogP) is 6.48. The van der Waals surface area contributed by atoms with E-state index in [-0.39, 0.29) is 36.9 Å². The number of aliphatic hydroxyl groups excluding tert-OH is 1. The van der Waals surface area contributed by atoms with E-state index < -0.39 is 29.1 Å². The molecule has 1 amide bonds. The first-order chi connectivity index (χ1) is 23.3. The van der Waals surface area contributed by atoms with E-state index in [0.29, 0.717) is 57.7 Å². The molecule has 0 radical (unpaired) electrons. The highest BCUT2D eigenvalue weighted by Gasteiger charge is 2.54. The Kier molecular flexibility index (Phi) is 12.7. The number of aliphatic imine (C=N–C) groups is 1. The van der Waals surface area contributed by atoms with E-state index in [1.54, 1.807) is 75.4 Å². The molecule has 13 heteroatoms. The van der Waals surface area contributed by atoms with Gasteiger partial charge in [0.05, 0.1) is 27.9 Å². The van der Waals surface area contributed by atoms with Crippen molar-refractivity contribution in [3.05, 3.63) is 81.3 Å². The van der Waals surface area contributed by atoms with E-state index in [1.807, 2.05) is 0 Å². The zero-order valence-corrected chi connectivity index (χ0v) is 29.9. The number of aliphatic hydroxyl groups is 1. The number of halogens is 2. The van der Waals surface area contributed by atoms with Gasteiger partial charge in [0.1, 0.15) is 11.4 Å². The summed E-state index contributed by atoms with van der Waals surface area (Å²) < 4.78 is 34.2. The SMILES string of the molecule is COc1cc(CNC(=O)[C@]2(CCC(=O)OC(C)(C)C)N=C(c3ccc(OCCCO)cc3)O[C@@H]2c2ccc(Cl)cc2Cl)cc(OC)c1OC. The average Bonchev–Trinajstić information content (AvgIpc) is 3.45. The van der Waals surface area contributed by atoms with Crippen molar-refractivity contribution in [3.63, 3.8) is 0 Å². The van der Waals surface area contributed by atoms with Gasteiger partial charge >= 0.3 is 5.97 Å². The molecule has 3 aromatic carbocycles. The van der Waals surface area contributed by atoms with Gasteiger partial charge < -0.3 is 38.8 Å². The summed E-state index contributed by atoms with van der Waals surface area (Å²) >= 11 is 13.0. The number of amides is 1. The average molecular weight is 718 g/mol. The van der Waals surface area contributed by atoms with Crippen molar-refractivity contribution in [2.45, 2.75) is 63.8 Å². The van der Waals surface area contributed by atoms with Crippen LogP contribution in [0, 0.1) is 0 Å². The predicted molar refractivity (Wildman–Crippen MR) is 186 cm³/mol. The summed E-state index contributed by atoms with van der Waals surface area (Å²) in [6.07, 6.45) is -0.769. The third kappa shape index (κ3) is 9.29. The minimum atomic E-state index is -1.67. The Labute approximate surface area is 296 Å². The highest BCUT2D eigenvalue weighted by Crippen LogP contribution is 2.46. The van der Waals surface area contributed by atoms with E-state index in [1.165, 1.54) is 21.3 Å². The minimum Gasteiger partial charge on any atom is -0.494 e. The van der Waals surface area contributed by atoms with Crippen LogP contribution in [0.2, 0.25) is 10.0 Å². The molecule has 0 saturated carbocycles. The quantitative estimate of drug-likeness (QED) is 0.134. The van der Waals surface area contributed by atoms with Crippen LogP contribution < -0.4 is 24.3 Å². The normalized spacial score (nSPS) is 17.1. The highest BCUT2D eigenvalue weighted by molar-refractivity contribution is 6.35. The molecule has 2 atom stereocenters. The lowest BCUT2D eigenvalue weighted by Gasteiger charge is -2.31. The molecular formula is C36H42Cl2N2O9. The molecule has 4 rings (SSSR count). The van der Waals surface area contributed by atoms with E-state index in [0.717, 1.165) is 0 Å². The van der Waals surface area contributed by atoms with Gasteiger partial charge in [0.15, 0.2) is 23.1 Å². The van der Waals surface area contributed by atoms with Crippen LogP contribution in [0.4, 0.5) is 0 Å². The smallest absolute Gasteiger partial charge is 0.306 e. The van der Waals surface area contributed by atoms with Crippen molar-refractivity contribution in [2.75, 3.05) is 34.5 Å². The van der Waals surface area contributed by atoms with Crippen LogP contribution in [0.15, 0.2) is 59.6 Å². The van der Waals surface area contributed by atoms with E-state index in [2.05, 4.69) is 5.32 Å². The third-order valence-electron chi connectivity index (χ3n) is 7.58. The fourth-order valence-corrected chi connectivity index (χ4v) is 5.83. The number of nitrogens with zero attached hydrogens (tertiary/aromatic N) is 1. The second-order valence-electron chi connectivity index (χ2n) is 12.3. The van der Waals surface area contributed by atoms with Gasteiger partial charge in [0, 0.05) is 47.2 Å². The van der Waals surface area contributed by atoms with Crippen molar-refractivity contribution in [3.8, 4) is 23.0 Å². The number of benzene rings is 3. The van der Waals surface area contributed by atoms with Crippen LogP contribution in [-0.2, 0) is 25.6 Å². The number of carbonyl (C=O) groups is 2. The van der Waals surface area contributed by atoms with E-state index >= 15 is 0 Å². The van der Waals surface area contributed by atoms with Crippen LogP contribution in [0.3, 0.4) is 0 Å². The maximum Gasteiger partial charge on any atom is 0.306 e. The van der Waals surface area contributed by atoms with Crippen LogP contribution >= 0.6 is 23.2 Å². The summed E-state index contributed by atoms with van der Waals surface area (Å²) in [6, 6.07) is 15.3. The first kappa shape index (κ1) is 37.6. The zero-order valence-electron chi connectivity index (χ0n) is 28.4. The summed E-state index contributed by atoms with van der Waals surface area (Å²) in [4.78, 5) is 32.6. The Morgan fingerprint density at radius 2 is 1.65 bits per heavy atom. The fraction of sp³-hybridized carbons (Fsp3) is 0.417. The molecule has 0 aromatic heterocycles. The molecule has 1 aliphatic heterocycles. The molecule has 0 spiro atoms. The number of rotatable bonds is 15. The van der Waals surface area contributed by atoms with Crippen LogP contribution in [0.5, 0.6) is 23.0 Å². The van der Waals surface area contributed by atoms with Crippen LogP contribution in [0.25, 0.3) is 0 Å². The molecule has 1 aliphatic rings. The standard InChI is InChI=1S/C36H42Cl2N2O9/c1-35(2,3)49-30(42)14-15-36(34(43)39-21-22-18-28(44-4)31(46-6)29(19-22)45-5)32(26-13-10-24(37)20-27(26)38)48-33(40-36)23-8-11-25(12-9-23)47-17-7-16-41/h8-13,18-20,32,41H,7,14-17,21H2,1-6H3,(H,39,43)/t32-,36-/m1/s1. The van der Waals surface area contributed by atoms with Crippen molar-refractivity contribution in [2.24, 2.45) is 4.99 Å². The number of nitrogens with one attached hydrogen (secondary N) is 1. The number of carbonyl (C=O) groups excluding carboxylic acids is 2. The largest absolute Gasteiger partial charge is 0.494 e. The van der Waals surface area contributed by atoms with Gasteiger partial charge in [-0.3, -0.25) is 9.59 Å². The molecule has 11 nitrogen and oxygen atoms in total. The van der Waals surface area contributed by atoms with Crippen LogP contribution in [-0.4, -0.2) is 68.6 Å². The first-order valence-electron chi connectivity index (χ1n) is 15.7. The van der Waals surface area contributed by atoms with E-state index in [4.69, 9.17) is 61.7 Å². The van der Waals surface area contributed by atoms with Crippen molar-refractivity contribution >= 4 is 41.0 Å². The highest BCUT2D eigenvalue weighted by atomic mass is 35.5. The molecule has 264 valence electrons. The Balaban J connectivity index is 1.77. The molecule has 0 fully saturated rings. The Bertz CT molecular complexity index is 1630. The summed E-state index contributed by atoms with van der Waals surface area (Å²) in [5.74, 6) is 1.000. The topological polar surface area (TPSA) is 134 Å². The summed E-state index contributed by atoms with van der Waals surface area (Å²) in [7, 11) is 4.52. The van der Waals surface area contributed by atoms with Gasteiger partial charge in [-0.15, -0.1) is 0 Å². The number of methoxy groups -OCH3 is 3. The fourth-order valence-electron chi connectivity index (χ4n) is 5.32. The summed E-state index contributed by atoms with van der Waals surface area (Å²) in [5.41, 5.74) is -0.715. The maximum atomic E-state index is 14.6. The first-order valence-corrected chi connectivity index (χ1v) is 16.4. The number of ether oxygens (including phenoxy) is 6. The molecule has 2 N–H and O–H groups in total. The van der Waals surface area contributed by atoms with Gasteiger partial charge in [-0.25, -0.2) is 4.99 Å². The molecule has 0 aliphatic carbocycles. The van der Waals surface area contributed by atoms with Gasteiger partial charge in [-0.1, -0.05) is 29.3 Å². The summed E-state index contributed by atoms with van der Waals surface area (Å²) in [6.45, 7) is 5.73. The van der Waals surface area contributed by atoms with Crippen molar-refractivity contribution in [1.82, 2.24) is 5.32 Å². The van der Waals surface area contributed by atoms with Crippen LogP contribution in [0.1, 0.15) is 62.8 Å². The number of hydrogen-bond donors (Lipinski definition) is 2. The monoisotopic (exact) mass is 716 g/mol. The maximum absolute atomic E-state index is 14.6. The lowest BCUT2D eigenvalue weighted by atomic mass is 9.83. The molecule has 1 heterocycles. The van der Waals surface area contributed by atoms with Crippen molar-refractivity contribution in [1.29, 1.82) is 0 Å². The molecule has 49 heavy (non-hydrogen) atoms. The second-order valence-corrected chi connectivity index (χ2v) is 13.1. The van der Waals surface area contributed by atoms with E-state index in [9.17, 15) is 9.59 Å². The second kappa shape index (κ2) is 16.5. The molecule has 0 unspecified atom stereocenters. The van der Waals surface area contributed by atoms with Gasteiger partial charge in [-0.05, 0) is 81.3 Å². The van der Waals surface area contributed by atoms with Gasteiger partial charge in [0.2, 0.25) is 11.6 Å². The molecule has 3 aromatic rings. The van der Waals surface area contributed by atoms with Gasteiger partial charge in [-0.2, -0.15) is 0 Å². The zero-order chi connectivity index (χ0) is 35.8. The number of esters is 1. The third-order valence-corrected chi connectivity index (χ3v) is 8.15. The molecule has 0 bridgehead atoms. The minimum absolute atomic E-state index is 0.0182. The van der Waals surface area contributed by atoms with Gasteiger partial charge in [0.25, 0.3) is 5.91 Å². The summed E-state index contributed by atoms with van der Waals surface area (Å²) in [5, 5.41) is 12.7. The van der Waals surface area contributed by atoms with Crippen molar-refractivity contribution < 1.29 is 43.1 Å².